The molecule has 0 bridgehead atoms. The second-order valence-corrected chi connectivity index (χ2v) is 3.69. The van der Waals surface area contributed by atoms with Gasteiger partial charge in [0.1, 0.15) is 11.3 Å². The molecule has 0 unspecified atom stereocenters. The fourth-order valence-electron chi connectivity index (χ4n) is 1.30. The maximum atomic E-state index is 10.8. The Morgan fingerprint density at radius 2 is 1.93 bits per heavy atom. The average Bonchev–Trinajstić information content (AvgIpc) is 2.08. The van der Waals surface area contributed by atoms with E-state index in [1.54, 1.807) is 6.92 Å². The normalized spacial score (nSPS) is 10.6. The van der Waals surface area contributed by atoms with E-state index in [-0.39, 0.29) is 17.2 Å². The minimum absolute atomic E-state index is 0.0197. The van der Waals surface area contributed by atoms with Crippen molar-refractivity contribution in [3.8, 4) is 5.75 Å². The van der Waals surface area contributed by atoms with Gasteiger partial charge in [-0.05, 0) is 30.0 Å². The number of aromatic carboxylic acids is 1. The molecule has 0 heterocycles. The Morgan fingerprint density at radius 3 is 2.36 bits per heavy atom. The van der Waals surface area contributed by atoms with Crippen LogP contribution in [-0.4, -0.2) is 16.2 Å². The lowest BCUT2D eigenvalue weighted by Crippen LogP contribution is -2.00. The number of carboxylic acid groups (broad SMARTS) is 1. The van der Waals surface area contributed by atoms with E-state index in [2.05, 4.69) is 0 Å². The molecule has 0 aliphatic heterocycles. The summed E-state index contributed by atoms with van der Waals surface area (Å²) in [6.45, 7) is 5.67. The summed E-state index contributed by atoms with van der Waals surface area (Å²) in [5, 5.41) is 18.3. The van der Waals surface area contributed by atoms with Crippen molar-refractivity contribution in [2.45, 2.75) is 26.7 Å². The van der Waals surface area contributed by atoms with Crippen LogP contribution >= 0.6 is 0 Å². The molecular formula is C11H14O3. The molecule has 0 saturated heterocycles. The summed E-state index contributed by atoms with van der Waals surface area (Å²) in [4.78, 5) is 10.8. The molecule has 14 heavy (non-hydrogen) atoms. The first-order valence-corrected chi connectivity index (χ1v) is 4.50. The highest BCUT2D eigenvalue weighted by Gasteiger charge is 2.14. The highest BCUT2D eigenvalue weighted by atomic mass is 16.4. The van der Waals surface area contributed by atoms with Crippen LogP contribution in [0.3, 0.4) is 0 Å². The van der Waals surface area contributed by atoms with Crippen molar-refractivity contribution in [3.05, 3.63) is 28.8 Å². The van der Waals surface area contributed by atoms with Crippen molar-refractivity contribution < 1.29 is 15.0 Å². The number of hydrogen-bond donors (Lipinski definition) is 2. The molecular weight excluding hydrogens is 180 g/mol. The largest absolute Gasteiger partial charge is 0.507 e. The first-order valence-electron chi connectivity index (χ1n) is 4.50. The number of carbonyl (C=O) groups is 1. The Bertz CT molecular complexity index is 367. The van der Waals surface area contributed by atoms with Gasteiger partial charge in [-0.1, -0.05) is 19.9 Å². The molecule has 1 aromatic carbocycles. The van der Waals surface area contributed by atoms with E-state index in [1.165, 1.54) is 6.07 Å². The van der Waals surface area contributed by atoms with E-state index in [0.29, 0.717) is 5.56 Å². The van der Waals surface area contributed by atoms with Gasteiger partial charge in [-0.15, -0.1) is 0 Å². The summed E-state index contributed by atoms with van der Waals surface area (Å²) in [7, 11) is 0. The fraction of sp³-hybridized carbons (Fsp3) is 0.364. The third-order valence-corrected chi connectivity index (χ3v) is 2.22. The van der Waals surface area contributed by atoms with Crippen LogP contribution in [0.5, 0.6) is 5.75 Å². The zero-order valence-electron chi connectivity index (χ0n) is 8.53. The monoisotopic (exact) mass is 194 g/mol. The predicted octanol–water partition coefficient (Wildman–Crippen LogP) is 2.52. The van der Waals surface area contributed by atoms with Crippen molar-refractivity contribution in [3.63, 3.8) is 0 Å². The van der Waals surface area contributed by atoms with Gasteiger partial charge in [0.15, 0.2) is 0 Å². The van der Waals surface area contributed by atoms with E-state index < -0.39 is 5.97 Å². The summed E-state index contributed by atoms with van der Waals surface area (Å²) >= 11 is 0. The molecule has 0 atom stereocenters. The molecule has 76 valence electrons. The molecule has 0 aliphatic rings. The Kier molecular flexibility index (Phi) is 2.79. The molecule has 0 amide bonds. The Labute approximate surface area is 83.0 Å². The predicted molar refractivity (Wildman–Crippen MR) is 53.9 cm³/mol. The zero-order valence-corrected chi connectivity index (χ0v) is 8.53. The SMILES string of the molecule is Cc1cc(C(C)C)cc(C(=O)O)c1O. The summed E-state index contributed by atoms with van der Waals surface area (Å²) in [6, 6.07) is 3.34. The second kappa shape index (κ2) is 3.70. The van der Waals surface area contributed by atoms with Gasteiger partial charge in [0, 0.05) is 0 Å². The summed E-state index contributed by atoms with van der Waals surface area (Å²) in [5.41, 5.74) is 1.51. The van der Waals surface area contributed by atoms with E-state index in [9.17, 15) is 9.90 Å². The molecule has 1 rings (SSSR count). The van der Waals surface area contributed by atoms with Gasteiger partial charge < -0.3 is 10.2 Å². The van der Waals surface area contributed by atoms with E-state index in [1.807, 2.05) is 19.9 Å². The van der Waals surface area contributed by atoms with Gasteiger partial charge >= 0.3 is 5.97 Å². The highest BCUT2D eigenvalue weighted by Crippen LogP contribution is 2.27. The van der Waals surface area contributed by atoms with E-state index in [4.69, 9.17) is 5.11 Å². The van der Waals surface area contributed by atoms with Gasteiger partial charge in [-0.3, -0.25) is 0 Å². The van der Waals surface area contributed by atoms with Crippen molar-refractivity contribution in [2.75, 3.05) is 0 Å². The third-order valence-electron chi connectivity index (χ3n) is 2.22. The van der Waals surface area contributed by atoms with Gasteiger partial charge in [-0.25, -0.2) is 4.79 Å². The molecule has 1 aromatic rings. The first kappa shape index (κ1) is 10.6. The van der Waals surface area contributed by atoms with Crippen LogP contribution in [0, 0.1) is 6.92 Å². The minimum atomic E-state index is -1.09. The Balaban J connectivity index is 3.35. The topological polar surface area (TPSA) is 57.5 Å². The summed E-state index contributed by atoms with van der Waals surface area (Å²) < 4.78 is 0. The van der Waals surface area contributed by atoms with Crippen LogP contribution in [-0.2, 0) is 0 Å². The summed E-state index contributed by atoms with van der Waals surface area (Å²) in [5.74, 6) is -0.970. The number of hydrogen-bond acceptors (Lipinski definition) is 2. The molecule has 3 heteroatoms. The molecule has 0 spiro atoms. The fourth-order valence-corrected chi connectivity index (χ4v) is 1.30. The van der Waals surface area contributed by atoms with Crippen LogP contribution in [0.15, 0.2) is 12.1 Å². The van der Waals surface area contributed by atoms with Crippen LogP contribution < -0.4 is 0 Å². The lowest BCUT2D eigenvalue weighted by Gasteiger charge is -2.10. The Hall–Kier alpha value is -1.51. The van der Waals surface area contributed by atoms with E-state index in [0.717, 1.165) is 5.56 Å². The number of rotatable bonds is 2. The molecule has 3 nitrogen and oxygen atoms in total. The number of benzene rings is 1. The average molecular weight is 194 g/mol. The second-order valence-electron chi connectivity index (χ2n) is 3.69. The van der Waals surface area contributed by atoms with Crippen molar-refractivity contribution in [1.29, 1.82) is 0 Å². The maximum absolute atomic E-state index is 10.8. The quantitative estimate of drug-likeness (QED) is 0.760. The molecule has 0 radical (unpaired) electrons. The van der Waals surface area contributed by atoms with Gasteiger partial charge in [0.05, 0.1) is 0 Å². The lowest BCUT2D eigenvalue weighted by molar-refractivity contribution is 0.0693. The minimum Gasteiger partial charge on any atom is -0.507 e. The van der Waals surface area contributed by atoms with Crippen LogP contribution in [0.1, 0.15) is 41.3 Å². The van der Waals surface area contributed by atoms with Crippen molar-refractivity contribution >= 4 is 5.97 Å². The number of phenols is 1. The van der Waals surface area contributed by atoms with Crippen molar-refractivity contribution in [2.24, 2.45) is 0 Å². The van der Waals surface area contributed by atoms with Crippen LogP contribution in [0.25, 0.3) is 0 Å². The molecule has 0 aromatic heterocycles. The standard InChI is InChI=1S/C11H14O3/c1-6(2)8-4-7(3)10(12)9(5-8)11(13)14/h4-6,12H,1-3H3,(H,13,14). The van der Waals surface area contributed by atoms with Gasteiger partial charge in [0.2, 0.25) is 0 Å². The summed E-state index contributed by atoms with van der Waals surface area (Å²) in [6.07, 6.45) is 0. The lowest BCUT2D eigenvalue weighted by atomic mass is 9.97. The third kappa shape index (κ3) is 1.87. The van der Waals surface area contributed by atoms with Gasteiger partial charge in [0.25, 0.3) is 0 Å². The van der Waals surface area contributed by atoms with Crippen LogP contribution in [0.4, 0.5) is 0 Å². The van der Waals surface area contributed by atoms with Crippen molar-refractivity contribution in [1.82, 2.24) is 0 Å². The highest BCUT2D eigenvalue weighted by molar-refractivity contribution is 5.91. The smallest absolute Gasteiger partial charge is 0.339 e. The van der Waals surface area contributed by atoms with Gasteiger partial charge in [-0.2, -0.15) is 0 Å². The van der Waals surface area contributed by atoms with Crippen LogP contribution in [0.2, 0.25) is 0 Å². The number of aryl methyl sites for hydroxylation is 1. The molecule has 0 saturated carbocycles. The Morgan fingerprint density at radius 1 is 1.36 bits per heavy atom. The number of aromatic hydroxyl groups is 1. The maximum Gasteiger partial charge on any atom is 0.339 e. The first-order chi connectivity index (χ1) is 6.43. The molecule has 0 fully saturated rings. The number of carboxylic acids is 1. The molecule has 2 N–H and O–H groups in total. The zero-order chi connectivity index (χ0) is 10.9. The molecule has 0 aliphatic carbocycles. The van der Waals surface area contributed by atoms with E-state index >= 15 is 0 Å².